The summed E-state index contributed by atoms with van der Waals surface area (Å²) in [7, 11) is 0. The van der Waals surface area contributed by atoms with E-state index in [-0.39, 0.29) is 17.6 Å². The van der Waals surface area contributed by atoms with Crippen molar-refractivity contribution in [3.63, 3.8) is 0 Å². The number of benzene rings is 2. The molecule has 3 aromatic rings. The molecule has 8 nitrogen and oxygen atoms in total. The highest BCUT2D eigenvalue weighted by Crippen LogP contribution is 2.29. The lowest BCUT2D eigenvalue weighted by molar-refractivity contribution is -0.126. The Bertz CT molecular complexity index is 1340. The van der Waals surface area contributed by atoms with E-state index in [1.54, 1.807) is 11.8 Å². The molecule has 0 radical (unpaired) electrons. The van der Waals surface area contributed by atoms with Gasteiger partial charge in [-0.2, -0.15) is 4.98 Å². The van der Waals surface area contributed by atoms with Crippen LogP contribution in [0, 0.1) is 6.92 Å². The predicted molar refractivity (Wildman–Crippen MR) is 128 cm³/mol. The maximum Gasteiger partial charge on any atom is 0.257 e. The Kier molecular flexibility index (Phi) is 6.03. The van der Waals surface area contributed by atoms with Crippen molar-refractivity contribution >= 4 is 17.6 Å². The van der Waals surface area contributed by atoms with E-state index >= 15 is 0 Å². The number of rotatable bonds is 7. The number of ketones is 1. The van der Waals surface area contributed by atoms with Crippen LogP contribution in [0.2, 0.25) is 0 Å². The van der Waals surface area contributed by atoms with Crippen molar-refractivity contribution in [1.29, 1.82) is 0 Å². The first kappa shape index (κ1) is 22.7. The highest BCUT2D eigenvalue weighted by molar-refractivity contribution is 6.01. The Morgan fingerprint density at radius 3 is 2.83 bits per heavy atom. The second kappa shape index (κ2) is 9.29. The van der Waals surface area contributed by atoms with Crippen molar-refractivity contribution in [2.45, 2.75) is 51.6 Å². The molecule has 2 aliphatic heterocycles. The topological polar surface area (TPSA) is 105 Å². The van der Waals surface area contributed by atoms with Crippen LogP contribution in [0.3, 0.4) is 0 Å². The fourth-order valence-corrected chi connectivity index (χ4v) is 4.69. The average molecular weight is 471 g/mol. The number of hydrogen-bond acceptors (Lipinski definition) is 6. The van der Waals surface area contributed by atoms with Crippen LogP contribution in [0.4, 0.5) is 0 Å². The molecule has 3 heterocycles. The third-order valence-corrected chi connectivity index (χ3v) is 6.50. The van der Waals surface area contributed by atoms with E-state index < -0.39 is 6.04 Å². The lowest BCUT2D eigenvalue weighted by Crippen LogP contribution is -2.49. The first-order chi connectivity index (χ1) is 16.9. The zero-order valence-corrected chi connectivity index (χ0v) is 19.5. The molecule has 1 aromatic heterocycles. The lowest BCUT2D eigenvalue weighted by atomic mass is 9.99. The van der Waals surface area contributed by atoms with Crippen molar-refractivity contribution in [2.24, 2.45) is 0 Å². The normalized spacial score (nSPS) is 17.5. The first-order valence-electron chi connectivity index (χ1n) is 11.7. The largest absolute Gasteiger partial charge is 0.334 e. The molecule has 2 amide bonds. The molecule has 8 heteroatoms. The minimum atomic E-state index is -0.475. The smallest absolute Gasteiger partial charge is 0.257 e. The number of allylic oxidation sites excluding steroid dienone is 1. The van der Waals surface area contributed by atoms with Gasteiger partial charge in [0.05, 0.1) is 0 Å². The van der Waals surface area contributed by atoms with E-state index in [0.717, 1.165) is 22.3 Å². The second-order valence-corrected chi connectivity index (χ2v) is 9.13. The molecule has 1 saturated heterocycles. The molecule has 0 bridgehead atoms. The Morgan fingerprint density at radius 2 is 2.06 bits per heavy atom. The zero-order chi connectivity index (χ0) is 24.5. The van der Waals surface area contributed by atoms with Crippen LogP contribution in [0.5, 0.6) is 0 Å². The van der Waals surface area contributed by atoms with E-state index in [1.807, 2.05) is 42.5 Å². The Morgan fingerprint density at radius 1 is 1.20 bits per heavy atom. The molecule has 0 saturated carbocycles. The molecule has 5 rings (SSSR count). The predicted octanol–water partition coefficient (Wildman–Crippen LogP) is 3.54. The summed E-state index contributed by atoms with van der Waals surface area (Å²) in [5, 5.41) is 6.57. The molecule has 1 unspecified atom stereocenters. The molecule has 1 fully saturated rings. The standard InChI is InChI=1S/C27H26N4O4/c1-16-6-11-24(25(33)28-16)31-15-21-12-18(8-10-23(21)27(31)34)7-9-22(32)14-19-4-3-5-20(13-19)26-29-17(2)30-35-26/h3-5,8,10,12-13,24H,1,6-7,9,11,14-15H2,2H3,(H,28,33). The van der Waals surface area contributed by atoms with Gasteiger partial charge in [-0.25, -0.2) is 0 Å². The van der Waals surface area contributed by atoms with Gasteiger partial charge in [0.1, 0.15) is 11.8 Å². The van der Waals surface area contributed by atoms with Crippen molar-refractivity contribution in [3.05, 3.63) is 82.8 Å². The average Bonchev–Trinajstić information content (AvgIpc) is 3.41. The monoisotopic (exact) mass is 470 g/mol. The number of nitrogens with zero attached hydrogens (tertiary/aromatic N) is 3. The van der Waals surface area contributed by atoms with Crippen LogP contribution in [-0.2, 0) is 29.0 Å². The number of hydrogen-bond donors (Lipinski definition) is 1. The van der Waals surface area contributed by atoms with Crippen LogP contribution in [0.25, 0.3) is 11.5 Å². The number of aromatic nitrogens is 2. The number of carbonyl (C=O) groups is 3. The fraction of sp³-hybridized carbons (Fsp3) is 0.296. The van der Waals surface area contributed by atoms with Gasteiger partial charge in [0.25, 0.3) is 11.8 Å². The third kappa shape index (κ3) is 4.77. The van der Waals surface area contributed by atoms with Crippen molar-refractivity contribution in [3.8, 4) is 11.5 Å². The summed E-state index contributed by atoms with van der Waals surface area (Å²) < 4.78 is 5.22. The molecule has 0 aliphatic carbocycles. The molecule has 0 spiro atoms. The summed E-state index contributed by atoms with van der Waals surface area (Å²) >= 11 is 0. The second-order valence-electron chi connectivity index (χ2n) is 9.13. The number of piperidine rings is 1. The van der Waals surface area contributed by atoms with Crippen LogP contribution in [-0.4, -0.2) is 38.7 Å². The summed E-state index contributed by atoms with van der Waals surface area (Å²) in [5.41, 5.74) is 4.92. The zero-order valence-electron chi connectivity index (χ0n) is 19.5. The van der Waals surface area contributed by atoms with E-state index in [0.29, 0.717) is 61.6 Å². The van der Waals surface area contributed by atoms with Gasteiger partial charge in [0.15, 0.2) is 5.82 Å². The Hall–Kier alpha value is -4.07. The Labute approximate surface area is 203 Å². The molecule has 2 aliphatic rings. The summed E-state index contributed by atoms with van der Waals surface area (Å²) in [6, 6.07) is 12.8. The lowest BCUT2D eigenvalue weighted by Gasteiger charge is -2.30. The SMILES string of the molecule is C=C1CCC(N2Cc3cc(CCC(=O)Cc4cccc(-c5nc(C)no5)c4)ccc3C2=O)C(=O)N1. The number of carbonyl (C=O) groups excluding carboxylic acids is 3. The van der Waals surface area contributed by atoms with Gasteiger partial charge in [-0.15, -0.1) is 0 Å². The quantitative estimate of drug-likeness (QED) is 0.566. The van der Waals surface area contributed by atoms with Gasteiger partial charge in [-0.1, -0.05) is 36.0 Å². The van der Waals surface area contributed by atoms with Crippen LogP contribution >= 0.6 is 0 Å². The fourth-order valence-electron chi connectivity index (χ4n) is 4.69. The molecule has 1 atom stereocenters. The Balaban J connectivity index is 1.20. The summed E-state index contributed by atoms with van der Waals surface area (Å²) in [5.74, 6) is 0.835. The minimum Gasteiger partial charge on any atom is -0.334 e. The number of aryl methyl sites for hydroxylation is 2. The number of amides is 2. The van der Waals surface area contributed by atoms with Crippen molar-refractivity contribution in [1.82, 2.24) is 20.4 Å². The van der Waals surface area contributed by atoms with Crippen molar-refractivity contribution in [2.75, 3.05) is 0 Å². The van der Waals surface area contributed by atoms with E-state index in [9.17, 15) is 14.4 Å². The van der Waals surface area contributed by atoms with Crippen LogP contribution in [0.1, 0.15) is 52.1 Å². The van der Waals surface area contributed by atoms with E-state index in [4.69, 9.17) is 4.52 Å². The van der Waals surface area contributed by atoms with Gasteiger partial charge < -0.3 is 14.7 Å². The minimum absolute atomic E-state index is 0.119. The highest BCUT2D eigenvalue weighted by Gasteiger charge is 2.38. The molecule has 1 N–H and O–H groups in total. The van der Waals surface area contributed by atoms with Gasteiger partial charge in [0.2, 0.25) is 5.91 Å². The third-order valence-electron chi connectivity index (χ3n) is 6.50. The van der Waals surface area contributed by atoms with Gasteiger partial charge >= 0.3 is 0 Å². The molecule has 2 aromatic carbocycles. The molecule has 178 valence electrons. The maximum absolute atomic E-state index is 12.9. The van der Waals surface area contributed by atoms with Gasteiger partial charge in [0, 0.05) is 36.2 Å². The van der Waals surface area contributed by atoms with E-state index in [1.165, 1.54) is 0 Å². The molecular formula is C27H26N4O4. The van der Waals surface area contributed by atoms with Crippen LogP contribution in [0.15, 0.2) is 59.3 Å². The molecular weight excluding hydrogens is 444 g/mol. The number of Topliss-reactive ketones (excluding diaryl/α,β-unsaturated/α-hetero) is 1. The first-order valence-corrected chi connectivity index (χ1v) is 11.7. The number of nitrogens with one attached hydrogen (secondary N) is 1. The van der Waals surface area contributed by atoms with Gasteiger partial charge in [-0.05, 0) is 61.1 Å². The summed E-state index contributed by atoms with van der Waals surface area (Å²) in [4.78, 5) is 43.8. The summed E-state index contributed by atoms with van der Waals surface area (Å²) in [6.07, 6.45) is 2.56. The highest BCUT2D eigenvalue weighted by atomic mass is 16.5. The molecule has 35 heavy (non-hydrogen) atoms. The number of fused-ring (bicyclic) bond motifs is 1. The van der Waals surface area contributed by atoms with Crippen LogP contribution < -0.4 is 5.32 Å². The maximum atomic E-state index is 12.9. The van der Waals surface area contributed by atoms with E-state index in [2.05, 4.69) is 22.0 Å². The van der Waals surface area contributed by atoms with Gasteiger partial charge in [-0.3, -0.25) is 14.4 Å². The summed E-state index contributed by atoms with van der Waals surface area (Å²) in [6.45, 7) is 5.97. The van der Waals surface area contributed by atoms with Crippen molar-refractivity contribution < 1.29 is 18.9 Å².